The van der Waals surface area contributed by atoms with Gasteiger partial charge in [-0.05, 0) is 13.3 Å². The monoisotopic (exact) mass is 302 g/mol. The number of nitrogens with two attached hydrogens (primary N) is 1. The van der Waals surface area contributed by atoms with Crippen LogP contribution >= 0.6 is 0 Å². The van der Waals surface area contributed by atoms with Gasteiger partial charge >= 0.3 is 0 Å². The Balaban J connectivity index is 1.78. The SMILES string of the molecule is Cc1c([C@H]2OCC[C@@H]2NC(=O)c2nccnc2N)cnn1C. The number of ether oxygens (including phenoxy) is 1. The van der Waals surface area contributed by atoms with Gasteiger partial charge in [-0.2, -0.15) is 5.10 Å². The fourth-order valence-corrected chi connectivity index (χ4v) is 2.60. The Hall–Kier alpha value is -2.48. The van der Waals surface area contributed by atoms with Crippen molar-refractivity contribution in [2.24, 2.45) is 7.05 Å². The second-order valence-electron chi connectivity index (χ2n) is 5.26. The van der Waals surface area contributed by atoms with Gasteiger partial charge < -0.3 is 15.8 Å². The average Bonchev–Trinajstić information content (AvgIpc) is 3.07. The predicted molar refractivity (Wildman–Crippen MR) is 79.0 cm³/mol. The fraction of sp³-hybridized carbons (Fsp3) is 0.429. The molecule has 22 heavy (non-hydrogen) atoms. The van der Waals surface area contributed by atoms with E-state index in [0.29, 0.717) is 6.61 Å². The molecular weight excluding hydrogens is 284 g/mol. The molecule has 0 unspecified atom stereocenters. The summed E-state index contributed by atoms with van der Waals surface area (Å²) in [7, 11) is 1.88. The summed E-state index contributed by atoms with van der Waals surface area (Å²) in [4.78, 5) is 20.2. The lowest BCUT2D eigenvalue weighted by Gasteiger charge is -2.19. The lowest BCUT2D eigenvalue weighted by atomic mass is 10.0. The van der Waals surface area contributed by atoms with Crippen molar-refractivity contribution in [2.75, 3.05) is 12.3 Å². The van der Waals surface area contributed by atoms with E-state index < -0.39 is 0 Å². The van der Waals surface area contributed by atoms with Crippen molar-refractivity contribution in [1.29, 1.82) is 0 Å². The maximum Gasteiger partial charge on any atom is 0.274 e. The van der Waals surface area contributed by atoms with Gasteiger partial charge in [0.1, 0.15) is 6.10 Å². The Kier molecular flexibility index (Phi) is 3.76. The smallest absolute Gasteiger partial charge is 0.274 e. The molecule has 0 aliphatic carbocycles. The molecule has 0 bridgehead atoms. The summed E-state index contributed by atoms with van der Waals surface area (Å²) in [5.41, 5.74) is 7.83. The molecule has 2 aromatic heterocycles. The van der Waals surface area contributed by atoms with Crippen LogP contribution in [-0.4, -0.2) is 38.3 Å². The molecule has 116 valence electrons. The summed E-state index contributed by atoms with van der Waals surface area (Å²) in [6.45, 7) is 2.56. The van der Waals surface area contributed by atoms with Crippen LogP contribution in [0.4, 0.5) is 5.82 Å². The lowest BCUT2D eigenvalue weighted by Crippen LogP contribution is -2.37. The van der Waals surface area contributed by atoms with Gasteiger partial charge in [0.25, 0.3) is 5.91 Å². The first-order chi connectivity index (χ1) is 10.6. The van der Waals surface area contributed by atoms with Crippen LogP contribution < -0.4 is 11.1 Å². The van der Waals surface area contributed by atoms with Crippen LogP contribution in [0.3, 0.4) is 0 Å². The van der Waals surface area contributed by atoms with E-state index in [0.717, 1.165) is 17.7 Å². The highest BCUT2D eigenvalue weighted by atomic mass is 16.5. The average molecular weight is 302 g/mol. The van der Waals surface area contributed by atoms with E-state index in [1.807, 2.05) is 14.0 Å². The third-order valence-corrected chi connectivity index (χ3v) is 3.93. The van der Waals surface area contributed by atoms with Crippen molar-refractivity contribution in [2.45, 2.75) is 25.5 Å². The summed E-state index contributed by atoms with van der Waals surface area (Å²) in [6, 6.07) is -0.142. The van der Waals surface area contributed by atoms with Crippen molar-refractivity contribution in [3.05, 3.63) is 35.5 Å². The number of nitrogen functional groups attached to an aromatic ring is 1. The number of carbonyl (C=O) groups is 1. The third-order valence-electron chi connectivity index (χ3n) is 3.93. The molecule has 1 aliphatic heterocycles. The molecule has 3 heterocycles. The normalized spacial score (nSPS) is 21.0. The van der Waals surface area contributed by atoms with Gasteiger partial charge in [0.2, 0.25) is 0 Å². The Morgan fingerprint density at radius 3 is 2.91 bits per heavy atom. The molecule has 1 saturated heterocycles. The Morgan fingerprint density at radius 1 is 1.45 bits per heavy atom. The minimum atomic E-state index is -0.340. The second-order valence-corrected chi connectivity index (χ2v) is 5.26. The van der Waals surface area contributed by atoms with Crippen molar-refractivity contribution in [1.82, 2.24) is 25.1 Å². The first-order valence-electron chi connectivity index (χ1n) is 7.05. The molecule has 3 N–H and O–H groups in total. The van der Waals surface area contributed by atoms with Crippen LogP contribution in [0.5, 0.6) is 0 Å². The number of nitrogens with one attached hydrogen (secondary N) is 1. The van der Waals surface area contributed by atoms with E-state index in [1.165, 1.54) is 12.4 Å². The topological polar surface area (TPSA) is 108 Å². The van der Waals surface area contributed by atoms with E-state index in [2.05, 4.69) is 20.4 Å². The van der Waals surface area contributed by atoms with E-state index >= 15 is 0 Å². The molecule has 2 atom stereocenters. The Morgan fingerprint density at radius 2 is 2.23 bits per heavy atom. The molecular formula is C14H18N6O2. The van der Waals surface area contributed by atoms with E-state index in [-0.39, 0.29) is 29.6 Å². The van der Waals surface area contributed by atoms with Crippen LogP contribution in [0.25, 0.3) is 0 Å². The van der Waals surface area contributed by atoms with Crippen LogP contribution in [0.15, 0.2) is 18.6 Å². The van der Waals surface area contributed by atoms with Gasteiger partial charge in [-0.1, -0.05) is 0 Å². The standard InChI is InChI=1S/C14H18N6O2/c1-8-9(7-18-20(8)2)12-10(3-6-22-12)19-14(21)11-13(15)17-5-4-16-11/h4-5,7,10,12H,3,6H2,1-2H3,(H2,15,17)(H,19,21)/t10-,12+/m0/s1. The van der Waals surface area contributed by atoms with Crippen molar-refractivity contribution < 1.29 is 9.53 Å². The Labute approximate surface area is 127 Å². The maximum absolute atomic E-state index is 12.3. The number of hydrogen-bond donors (Lipinski definition) is 2. The van der Waals surface area contributed by atoms with Gasteiger partial charge in [0.05, 0.1) is 12.2 Å². The molecule has 0 radical (unpaired) electrons. The summed E-state index contributed by atoms with van der Waals surface area (Å²) in [6.07, 6.45) is 5.19. The molecule has 1 fully saturated rings. The highest BCUT2D eigenvalue weighted by molar-refractivity contribution is 5.96. The van der Waals surface area contributed by atoms with Crippen LogP contribution in [-0.2, 0) is 11.8 Å². The zero-order chi connectivity index (χ0) is 15.7. The molecule has 8 heteroatoms. The largest absolute Gasteiger partial charge is 0.382 e. The van der Waals surface area contributed by atoms with Crippen LogP contribution in [0.1, 0.15) is 34.3 Å². The molecule has 2 aromatic rings. The van der Waals surface area contributed by atoms with Gasteiger partial charge in [0.15, 0.2) is 11.5 Å². The molecule has 3 rings (SSSR count). The summed E-state index contributed by atoms with van der Waals surface area (Å²) in [5.74, 6) is -0.222. The molecule has 0 aromatic carbocycles. The fourth-order valence-electron chi connectivity index (χ4n) is 2.60. The maximum atomic E-state index is 12.3. The molecule has 1 amide bonds. The minimum Gasteiger partial charge on any atom is -0.382 e. The first-order valence-corrected chi connectivity index (χ1v) is 7.05. The van der Waals surface area contributed by atoms with E-state index in [9.17, 15) is 4.79 Å². The number of hydrogen-bond acceptors (Lipinski definition) is 6. The second kappa shape index (κ2) is 5.72. The van der Waals surface area contributed by atoms with Crippen molar-refractivity contribution in [3.63, 3.8) is 0 Å². The Bertz CT molecular complexity index is 698. The number of aromatic nitrogens is 4. The van der Waals surface area contributed by atoms with E-state index in [1.54, 1.807) is 10.9 Å². The number of amides is 1. The molecule has 0 spiro atoms. The van der Waals surface area contributed by atoms with Gasteiger partial charge in [-0.25, -0.2) is 9.97 Å². The van der Waals surface area contributed by atoms with Crippen molar-refractivity contribution >= 4 is 11.7 Å². The number of rotatable bonds is 3. The summed E-state index contributed by atoms with van der Waals surface area (Å²) in [5, 5.41) is 7.17. The quantitative estimate of drug-likeness (QED) is 0.847. The van der Waals surface area contributed by atoms with Gasteiger partial charge in [-0.15, -0.1) is 0 Å². The highest BCUT2D eigenvalue weighted by Gasteiger charge is 2.33. The number of carbonyl (C=O) groups excluding carboxylic acids is 1. The predicted octanol–water partition coefficient (Wildman–Crippen LogP) is 0.361. The number of anilines is 1. The highest BCUT2D eigenvalue weighted by Crippen LogP contribution is 2.31. The molecule has 0 saturated carbocycles. The lowest BCUT2D eigenvalue weighted by molar-refractivity contribution is 0.0816. The summed E-state index contributed by atoms with van der Waals surface area (Å²) < 4.78 is 7.57. The zero-order valence-corrected chi connectivity index (χ0v) is 12.5. The van der Waals surface area contributed by atoms with Gasteiger partial charge in [-0.3, -0.25) is 9.48 Å². The molecule has 8 nitrogen and oxygen atoms in total. The molecule has 1 aliphatic rings. The number of aryl methyl sites for hydroxylation is 1. The zero-order valence-electron chi connectivity index (χ0n) is 12.5. The van der Waals surface area contributed by atoms with Gasteiger partial charge in [0, 0.05) is 37.3 Å². The summed E-state index contributed by atoms with van der Waals surface area (Å²) >= 11 is 0. The van der Waals surface area contributed by atoms with Crippen LogP contribution in [0, 0.1) is 6.92 Å². The van der Waals surface area contributed by atoms with E-state index in [4.69, 9.17) is 10.5 Å². The first kappa shape index (κ1) is 14.5. The van der Waals surface area contributed by atoms with Crippen molar-refractivity contribution in [3.8, 4) is 0 Å². The number of nitrogens with zero attached hydrogens (tertiary/aromatic N) is 4. The third kappa shape index (κ3) is 2.52. The minimum absolute atomic E-state index is 0.119. The van der Waals surface area contributed by atoms with Crippen LogP contribution in [0.2, 0.25) is 0 Å².